The lowest BCUT2D eigenvalue weighted by Gasteiger charge is -2.25. The van der Waals surface area contributed by atoms with Crippen molar-refractivity contribution >= 4 is 16.6 Å². The molecule has 0 aliphatic rings. The average Bonchev–Trinajstić information content (AvgIpc) is 2.67. The van der Waals surface area contributed by atoms with Gasteiger partial charge in [0.1, 0.15) is 5.75 Å². The van der Waals surface area contributed by atoms with Crippen LogP contribution in [0.25, 0.3) is 10.9 Å². The Morgan fingerprint density at radius 2 is 1.92 bits per heavy atom. The van der Waals surface area contributed by atoms with Gasteiger partial charge in [0, 0.05) is 30.7 Å². The number of ether oxygens (including phenoxy) is 1. The topological polar surface area (TPSA) is 57.6 Å². The average molecular weight is 360 g/mol. The van der Waals surface area contributed by atoms with Gasteiger partial charge in [-0.3, -0.25) is 4.98 Å². The molecule has 26 heavy (non-hydrogen) atoms. The molecule has 0 bridgehead atoms. The van der Waals surface area contributed by atoms with E-state index in [2.05, 4.69) is 29.0 Å². The lowest BCUT2D eigenvalue weighted by Crippen LogP contribution is -2.37. The number of hydrogen-bond donors (Lipinski definition) is 2. The largest absolute Gasteiger partial charge is 0.497 e. The number of unbranched alkanes of at least 4 members (excludes halogenated alkanes) is 2. The summed E-state index contributed by atoms with van der Waals surface area (Å²) in [5.41, 5.74) is 1.79. The van der Waals surface area contributed by atoms with Crippen molar-refractivity contribution in [1.82, 2.24) is 9.88 Å². The van der Waals surface area contributed by atoms with Gasteiger partial charge in [-0.15, -0.1) is 0 Å². The maximum atomic E-state index is 10.5. The van der Waals surface area contributed by atoms with Crippen molar-refractivity contribution in [3.8, 4) is 5.75 Å². The first-order valence-electron chi connectivity index (χ1n) is 9.75. The molecule has 0 saturated heterocycles. The van der Waals surface area contributed by atoms with Gasteiger partial charge in [-0.05, 0) is 38.1 Å². The van der Waals surface area contributed by atoms with Crippen molar-refractivity contribution < 1.29 is 9.84 Å². The number of benzene rings is 1. The number of methoxy groups -OCH3 is 1. The summed E-state index contributed by atoms with van der Waals surface area (Å²) < 4.78 is 5.38. The molecular formula is C21H33N3O2. The van der Waals surface area contributed by atoms with Crippen LogP contribution in [0.4, 0.5) is 5.69 Å². The van der Waals surface area contributed by atoms with Crippen LogP contribution in [0.3, 0.4) is 0 Å². The summed E-state index contributed by atoms with van der Waals surface area (Å²) in [4.78, 5) is 6.84. The molecule has 2 aromatic rings. The zero-order chi connectivity index (χ0) is 18.8. The number of hydrogen-bond acceptors (Lipinski definition) is 5. The molecule has 1 heterocycles. The fourth-order valence-corrected chi connectivity index (χ4v) is 3.07. The van der Waals surface area contributed by atoms with E-state index in [9.17, 15) is 5.11 Å². The molecule has 144 valence electrons. The van der Waals surface area contributed by atoms with Crippen LogP contribution >= 0.6 is 0 Å². The molecule has 1 aromatic heterocycles. The van der Waals surface area contributed by atoms with Crippen LogP contribution in [0.15, 0.2) is 30.5 Å². The predicted octanol–water partition coefficient (Wildman–Crippen LogP) is 3.92. The molecule has 2 N–H and O–H groups in total. The van der Waals surface area contributed by atoms with Crippen LogP contribution in [0.5, 0.6) is 5.75 Å². The number of fused-ring (bicyclic) bond motifs is 1. The Morgan fingerprint density at radius 1 is 1.19 bits per heavy atom. The highest BCUT2D eigenvalue weighted by Gasteiger charge is 2.12. The van der Waals surface area contributed by atoms with Crippen LogP contribution in [-0.4, -0.2) is 54.4 Å². The van der Waals surface area contributed by atoms with E-state index in [1.54, 1.807) is 13.3 Å². The zero-order valence-electron chi connectivity index (χ0n) is 16.4. The maximum Gasteiger partial charge on any atom is 0.121 e. The molecule has 1 unspecified atom stereocenters. The number of nitrogens with zero attached hydrogens (tertiary/aromatic N) is 2. The van der Waals surface area contributed by atoms with Crippen molar-refractivity contribution in [1.29, 1.82) is 0 Å². The first-order valence-corrected chi connectivity index (χ1v) is 9.75. The molecule has 2 rings (SSSR count). The van der Waals surface area contributed by atoms with Gasteiger partial charge in [0.25, 0.3) is 0 Å². The Morgan fingerprint density at radius 3 is 2.58 bits per heavy atom. The molecule has 0 fully saturated rings. The molecule has 5 heteroatoms. The fraction of sp³-hybridized carbons (Fsp3) is 0.571. The van der Waals surface area contributed by atoms with E-state index in [0.717, 1.165) is 35.4 Å². The van der Waals surface area contributed by atoms with Crippen molar-refractivity contribution in [3.63, 3.8) is 0 Å². The van der Waals surface area contributed by atoms with E-state index in [1.807, 2.05) is 24.3 Å². The zero-order valence-corrected chi connectivity index (χ0v) is 16.4. The number of anilines is 1. The predicted molar refractivity (Wildman–Crippen MR) is 109 cm³/mol. The second-order valence-corrected chi connectivity index (χ2v) is 6.79. The van der Waals surface area contributed by atoms with Crippen molar-refractivity contribution in [2.45, 2.75) is 45.6 Å². The van der Waals surface area contributed by atoms with E-state index in [1.165, 1.54) is 25.7 Å². The summed E-state index contributed by atoms with van der Waals surface area (Å²) in [6.07, 6.45) is 6.07. The monoisotopic (exact) mass is 359 g/mol. The summed E-state index contributed by atoms with van der Waals surface area (Å²) in [6, 6.07) is 7.85. The van der Waals surface area contributed by atoms with E-state index >= 15 is 0 Å². The van der Waals surface area contributed by atoms with E-state index in [-0.39, 0.29) is 0 Å². The molecule has 0 radical (unpaired) electrons. The summed E-state index contributed by atoms with van der Waals surface area (Å²) in [6.45, 7) is 7.71. The van der Waals surface area contributed by atoms with E-state index in [4.69, 9.17) is 4.74 Å². The lowest BCUT2D eigenvalue weighted by molar-refractivity contribution is 0.120. The molecule has 1 aromatic carbocycles. The van der Waals surface area contributed by atoms with Crippen molar-refractivity contribution in [2.75, 3.05) is 38.6 Å². The minimum Gasteiger partial charge on any atom is -0.497 e. The van der Waals surface area contributed by atoms with Gasteiger partial charge >= 0.3 is 0 Å². The Labute approximate surface area is 157 Å². The third kappa shape index (κ3) is 6.15. The van der Waals surface area contributed by atoms with Gasteiger partial charge in [0.15, 0.2) is 0 Å². The normalized spacial score (nSPS) is 12.5. The highest BCUT2D eigenvalue weighted by Crippen LogP contribution is 2.27. The Hall–Kier alpha value is -1.85. The van der Waals surface area contributed by atoms with Gasteiger partial charge < -0.3 is 20.1 Å². The number of nitrogens with one attached hydrogen (secondary N) is 1. The summed E-state index contributed by atoms with van der Waals surface area (Å²) in [7, 11) is 1.66. The molecule has 1 atom stereocenters. The Balaban J connectivity index is 1.99. The molecule has 0 aliphatic heterocycles. The van der Waals surface area contributed by atoms with Gasteiger partial charge in [-0.25, -0.2) is 0 Å². The van der Waals surface area contributed by atoms with Crippen LogP contribution < -0.4 is 10.1 Å². The van der Waals surface area contributed by atoms with E-state index < -0.39 is 6.10 Å². The van der Waals surface area contributed by atoms with Crippen molar-refractivity contribution in [3.05, 3.63) is 30.5 Å². The number of aliphatic hydroxyl groups is 1. The number of rotatable bonds is 12. The van der Waals surface area contributed by atoms with Crippen LogP contribution in [0.1, 0.15) is 39.5 Å². The quantitative estimate of drug-likeness (QED) is 0.601. The van der Waals surface area contributed by atoms with Crippen LogP contribution in [0, 0.1) is 0 Å². The standard InChI is InChI=1S/C21H33N3O2/c1-4-6-11-24(12-7-5-2)16-18(25)15-23-20-14-19(26-3)13-17-9-8-10-22-21(17)20/h8-10,13-14,18,23,25H,4-7,11-12,15-16H2,1-3H3. The second kappa shape index (κ2) is 11.0. The highest BCUT2D eigenvalue weighted by atomic mass is 16.5. The summed E-state index contributed by atoms with van der Waals surface area (Å²) >= 11 is 0. The molecule has 0 saturated carbocycles. The highest BCUT2D eigenvalue weighted by molar-refractivity contribution is 5.91. The third-order valence-electron chi connectivity index (χ3n) is 4.57. The SMILES string of the molecule is CCCCN(CCCC)CC(O)CNc1cc(OC)cc2cccnc12. The Bertz CT molecular complexity index is 655. The van der Waals surface area contributed by atoms with Gasteiger partial charge in [-0.2, -0.15) is 0 Å². The summed E-state index contributed by atoms with van der Waals surface area (Å²) in [5.74, 6) is 0.787. The second-order valence-electron chi connectivity index (χ2n) is 6.79. The molecule has 5 nitrogen and oxygen atoms in total. The lowest BCUT2D eigenvalue weighted by atomic mass is 10.1. The molecule has 0 aliphatic carbocycles. The fourth-order valence-electron chi connectivity index (χ4n) is 3.07. The summed E-state index contributed by atoms with van der Waals surface area (Å²) in [5, 5.41) is 14.9. The van der Waals surface area contributed by atoms with Gasteiger partial charge in [0.05, 0.1) is 24.4 Å². The first kappa shape index (κ1) is 20.5. The number of aromatic nitrogens is 1. The number of aliphatic hydroxyl groups excluding tert-OH is 1. The smallest absolute Gasteiger partial charge is 0.121 e. The number of pyridine rings is 1. The van der Waals surface area contributed by atoms with Gasteiger partial charge in [-0.1, -0.05) is 32.8 Å². The first-order chi connectivity index (χ1) is 12.7. The van der Waals surface area contributed by atoms with Crippen LogP contribution in [-0.2, 0) is 0 Å². The van der Waals surface area contributed by atoms with Crippen LogP contribution in [0.2, 0.25) is 0 Å². The minimum absolute atomic E-state index is 0.423. The molecule has 0 amide bonds. The third-order valence-corrected chi connectivity index (χ3v) is 4.57. The Kier molecular flexibility index (Phi) is 8.65. The molecular weight excluding hydrogens is 326 g/mol. The van der Waals surface area contributed by atoms with E-state index in [0.29, 0.717) is 13.1 Å². The minimum atomic E-state index is -0.423. The maximum absolute atomic E-state index is 10.5. The van der Waals surface area contributed by atoms with Gasteiger partial charge in [0.2, 0.25) is 0 Å². The molecule has 0 spiro atoms. The van der Waals surface area contributed by atoms with Crippen molar-refractivity contribution in [2.24, 2.45) is 0 Å².